The second kappa shape index (κ2) is 17.6. The molecular formula is C59H61NO20. The number of aliphatic hydroxyl groups excluding tert-OH is 2. The number of rotatable bonds is 7. The van der Waals surface area contributed by atoms with Crippen LogP contribution >= 0.6 is 0 Å². The van der Waals surface area contributed by atoms with E-state index in [1.807, 2.05) is 6.92 Å². The number of benzene rings is 3. The lowest BCUT2D eigenvalue weighted by molar-refractivity contribution is -0.285. The summed E-state index contributed by atoms with van der Waals surface area (Å²) in [6, 6.07) is 12.3. The number of esters is 7. The van der Waals surface area contributed by atoms with Gasteiger partial charge in [0, 0.05) is 97.6 Å². The molecule has 4 saturated carbocycles. The second-order valence-corrected chi connectivity index (χ2v) is 24.0. The van der Waals surface area contributed by atoms with Crippen molar-refractivity contribution in [2.24, 2.45) is 57.7 Å². The Balaban J connectivity index is 0.988. The normalized spacial score (nSPS) is 39.4. The fourth-order valence-corrected chi connectivity index (χ4v) is 16.9. The van der Waals surface area contributed by atoms with Crippen molar-refractivity contribution in [2.45, 2.75) is 136 Å². The Kier molecular flexibility index (Phi) is 11.8. The molecule has 4 aliphatic heterocycles. The summed E-state index contributed by atoms with van der Waals surface area (Å²) >= 11 is 0. The molecule has 19 atom stereocenters. The van der Waals surface area contributed by atoms with E-state index in [1.54, 1.807) is 45.0 Å². The second-order valence-electron chi connectivity index (χ2n) is 24.0. The van der Waals surface area contributed by atoms with Gasteiger partial charge >= 0.3 is 41.8 Å². The summed E-state index contributed by atoms with van der Waals surface area (Å²) in [5.41, 5.74) is -7.38. The maximum atomic E-state index is 15.3. The molecule has 0 aromatic heterocycles. The summed E-state index contributed by atoms with van der Waals surface area (Å²) in [6.45, 7) is 14.5. The molecule has 21 heteroatoms. The van der Waals surface area contributed by atoms with Crippen LogP contribution in [-0.4, -0.2) is 117 Å². The Morgan fingerprint density at radius 1 is 0.662 bits per heavy atom. The van der Waals surface area contributed by atoms with Crippen LogP contribution in [0.25, 0.3) is 0 Å². The minimum absolute atomic E-state index is 0.0122. The van der Waals surface area contributed by atoms with Crippen LogP contribution < -0.4 is 19.5 Å². The van der Waals surface area contributed by atoms with Gasteiger partial charge in [-0.25, -0.2) is 9.59 Å². The minimum Gasteiger partial charge on any atom is -0.459 e. The van der Waals surface area contributed by atoms with Crippen molar-refractivity contribution in [3.63, 3.8) is 0 Å². The van der Waals surface area contributed by atoms with Crippen molar-refractivity contribution >= 4 is 47.7 Å². The van der Waals surface area contributed by atoms with Crippen LogP contribution in [0.1, 0.15) is 113 Å². The predicted molar refractivity (Wildman–Crippen MR) is 270 cm³/mol. The summed E-state index contributed by atoms with van der Waals surface area (Å²) < 4.78 is 54.4. The molecule has 0 bridgehead atoms. The van der Waals surface area contributed by atoms with Crippen molar-refractivity contribution in [1.29, 1.82) is 0 Å². The first-order valence-electron chi connectivity index (χ1n) is 26.8. The Morgan fingerprint density at radius 3 is 1.84 bits per heavy atom. The maximum absolute atomic E-state index is 15.3. The predicted octanol–water partition coefficient (Wildman–Crippen LogP) is 4.49. The molecule has 1 spiro atoms. The minimum atomic E-state index is -2.18. The molecule has 12 rings (SSSR count). The molecule has 0 radical (unpaired) electrons. The number of ether oxygens (including phenoxy) is 9. The van der Waals surface area contributed by atoms with Gasteiger partial charge in [0.1, 0.15) is 53.2 Å². The SMILES string of the molecule is CC(=O)Oc1ccc2c(c1)Oc1cc(OC(C)=O)ccc1C21OC(=O)c2cc(C(=O)N[C@@H]3[C@H](O)[C@H]4[C@@H]5[C@@H](O)[C@@H]6[C@H]([C@H](C)C=C7OC(=O)[C@@](C)(O)[C@@]76C)[C@@]5(C)[C@@H](OC(C)=O)[C@@H](OC(C)=O)[C@@H]4[C@]4(C)[C@@H]3C[C@@H]3O[C@@H]3[C@@H]4OC(C)=O)ccc21. The number of carbonyl (C=O) groups is 8. The van der Waals surface area contributed by atoms with Gasteiger partial charge in [-0.1, -0.05) is 26.8 Å². The molecule has 9 aliphatic rings. The first-order chi connectivity index (χ1) is 37.6. The highest BCUT2D eigenvalue weighted by molar-refractivity contribution is 6.02. The van der Waals surface area contributed by atoms with Gasteiger partial charge in [0.05, 0.1) is 35.3 Å². The number of allylic oxidation sites excluding steroid dienone is 1. The summed E-state index contributed by atoms with van der Waals surface area (Å²) in [6.07, 6.45) is -6.24. The first kappa shape index (κ1) is 53.4. The first-order valence-corrected chi connectivity index (χ1v) is 26.8. The van der Waals surface area contributed by atoms with Crippen molar-refractivity contribution < 1.29 is 96.3 Å². The van der Waals surface area contributed by atoms with E-state index in [1.165, 1.54) is 77.9 Å². The van der Waals surface area contributed by atoms with Gasteiger partial charge < -0.3 is 63.3 Å². The van der Waals surface area contributed by atoms with E-state index in [4.69, 9.17) is 42.6 Å². The summed E-state index contributed by atoms with van der Waals surface area (Å²) in [5.74, 6) is -11.8. The zero-order valence-electron chi connectivity index (χ0n) is 45.4. The molecule has 1 amide bonds. The molecular weight excluding hydrogens is 1040 g/mol. The third-order valence-electron chi connectivity index (χ3n) is 19.9. The standard InChI is InChI=1S/C59H61NO20/c1-22-17-39-57(9,58(10,71)54(70)79-39)44-41(22)56(8)42(47(44)67)40-43(49(74-25(4)63)51(56)76-27(6)65)55(7)35(21-38-48(78-38)50(55)75-26(5)64)45(46(40)66)60-52(68)28-11-14-32-31(18-28)53(69)80-59(32)33-15-12-29(72-23(2)61)19-36(33)77-37-20-30(73-24(3)62)13-16-34(37)59/h11-20,22,35,38,40-51,66-67,71H,21H2,1-10H3,(H,60,68)/t22-,35-,38+,40+,41+,42-,43-,44+,45+,46-,47-,48+,49+,50+,51+,55+,56-,57+,58-/m1/s1. The lowest BCUT2D eigenvalue weighted by atomic mass is 9.40. The average molecular weight is 1100 g/mol. The van der Waals surface area contributed by atoms with Gasteiger partial charge in [0.15, 0.2) is 11.2 Å². The van der Waals surface area contributed by atoms with Gasteiger partial charge in [-0.15, -0.1) is 0 Å². The van der Waals surface area contributed by atoms with Crippen LogP contribution in [0.15, 0.2) is 66.4 Å². The van der Waals surface area contributed by atoms with E-state index >= 15 is 4.79 Å². The molecule has 4 heterocycles. The van der Waals surface area contributed by atoms with Crippen LogP contribution in [0.4, 0.5) is 0 Å². The summed E-state index contributed by atoms with van der Waals surface area (Å²) in [7, 11) is 0. The van der Waals surface area contributed by atoms with Gasteiger partial charge in [-0.3, -0.25) is 28.8 Å². The lowest BCUT2D eigenvalue weighted by Crippen LogP contribution is -2.77. The Morgan fingerprint density at radius 2 is 1.25 bits per heavy atom. The van der Waals surface area contributed by atoms with E-state index in [-0.39, 0.29) is 46.3 Å². The van der Waals surface area contributed by atoms with E-state index in [2.05, 4.69) is 5.32 Å². The zero-order chi connectivity index (χ0) is 57.4. The third-order valence-corrected chi connectivity index (χ3v) is 19.9. The number of amides is 1. The highest BCUT2D eigenvalue weighted by Crippen LogP contribution is 2.76. The Labute approximate surface area is 458 Å². The fourth-order valence-electron chi connectivity index (χ4n) is 16.9. The Bertz CT molecular complexity index is 3260. The van der Waals surface area contributed by atoms with E-state index in [0.29, 0.717) is 16.7 Å². The van der Waals surface area contributed by atoms with Gasteiger partial charge in [0.25, 0.3) is 5.91 Å². The topological polar surface area (TPSA) is 296 Å². The highest BCUT2D eigenvalue weighted by atomic mass is 16.6. The van der Waals surface area contributed by atoms with Crippen LogP contribution in [-0.2, 0) is 62.8 Å². The number of nitrogens with one attached hydrogen (secondary N) is 1. The Hall–Kier alpha value is -7.20. The highest BCUT2D eigenvalue weighted by Gasteiger charge is 2.83. The number of hydrogen-bond acceptors (Lipinski definition) is 20. The number of aliphatic hydroxyl groups is 3. The number of carbonyl (C=O) groups excluding carboxylic acids is 8. The van der Waals surface area contributed by atoms with Crippen molar-refractivity contribution in [3.8, 4) is 23.0 Å². The average Bonchev–Trinajstić information content (AvgIpc) is 3.65. The van der Waals surface area contributed by atoms with E-state index in [0.717, 1.165) is 0 Å². The molecule has 6 fully saturated rings. The molecule has 2 saturated heterocycles. The maximum Gasteiger partial charge on any atom is 0.343 e. The molecule has 0 unspecified atom stereocenters. The van der Waals surface area contributed by atoms with Crippen LogP contribution in [0.5, 0.6) is 23.0 Å². The molecule has 4 N–H and O–H groups in total. The number of epoxide rings is 1. The summed E-state index contributed by atoms with van der Waals surface area (Å²) in [4.78, 5) is 108. The van der Waals surface area contributed by atoms with Gasteiger partial charge in [0.2, 0.25) is 0 Å². The quantitative estimate of drug-likeness (QED) is 0.110. The number of hydrogen-bond donors (Lipinski definition) is 4. The molecule has 3 aromatic rings. The van der Waals surface area contributed by atoms with E-state index in [9.17, 15) is 48.9 Å². The van der Waals surface area contributed by atoms with E-state index < -0.39 is 165 Å². The molecule has 21 nitrogen and oxygen atoms in total. The van der Waals surface area contributed by atoms with Crippen LogP contribution in [0.3, 0.4) is 0 Å². The monoisotopic (exact) mass is 1100 g/mol. The largest absolute Gasteiger partial charge is 0.459 e. The van der Waals surface area contributed by atoms with Gasteiger partial charge in [-0.2, -0.15) is 0 Å². The van der Waals surface area contributed by atoms with Crippen LogP contribution in [0.2, 0.25) is 0 Å². The molecule has 80 heavy (non-hydrogen) atoms. The third kappa shape index (κ3) is 7.14. The summed E-state index contributed by atoms with van der Waals surface area (Å²) in [5, 5.41) is 42.2. The molecule has 3 aromatic carbocycles. The van der Waals surface area contributed by atoms with Crippen LogP contribution in [0, 0.1) is 57.7 Å². The lowest BCUT2D eigenvalue weighted by Gasteiger charge is -2.67. The van der Waals surface area contributed by atoms with Gasteiger partial charge in [-0.05, 0) is 86.4 Å². The fraction of sp³-hybridized carbons (Fsp3) is 0.525. The number of fused-ring (bicyclic) bond motifs is 16. The molecule has 5 aliphatic carbocycles. The van der Waals surface area contributed by atoms with Crippen molar-refractivity contribution in [1.82, 2.24) is 5.32 Å². The smallest absolute Gasteiger partial charge is 0.343 e. The van der Waals surface area contributed by atoms with Crippen molar-refractivity contribution in [2.75, 3.05) is 0 Å². The van der Waals surface area contributed by atoms with Crippen molar-refractivity contribution in [3.05, 3.63) is 94.2 Å². The molecule has 422 valence electrons. The zero-order valence-corrected chi connectivity index (χ0v) is 45.4.